The molecule has 2 N–H and O–H groups in total. The van der Waals surface area contributed by atoms with Crippen LogP contribution in [-0.4, -0.2) is 30.0 Å². The summed E-state index contributed by atoms with van der Waals surface area (Å²) in [6, 6.07) is 6.00. The fourth-order valence-electron chi connectivity index (χ4n) is 3.25. The molecular formula is C16H22N2OS. The topological polar surface area (TPSA) is 41.1 Å². The lowest BCUT2D eigenvalue weighted by atomic mass is 10.1. The summed E-state index contributed by atoms with van der Waals surface area (Å²) in [7, 11) is 0. The minimum Gasteiger partial charge on any atom is -0.384 e. The second kappa shape index (κ2) is 5.68. The molecule has 0 radical (unpaired) electrons. The minimum atomic E-state index is 0.0572. The number of hydrogen-bond acceptors (Lipinski definition) is 3. The van der Waals surface area contributed by atoms with E-state index in [0.29, 0.717) is 0 Å². The maximum Gasteiger partial charge on any atom is 0.251 e. The van der Waals surface area contributed by atoms with Gasteiger partial charge in [0.05, 0.1) is 0 Å². The zero-order valence-corrected chi connectivity index (χ0v) is 12.8. The summed E-state index contributed by atoms with van der Waals surface area (Å²) in [5, 5.41) is 6.46. The molecule has 1 aromatic carbocycles. The standard InChI is InChI=1S/C16H22N2OS/c1-20-16(7-2-3-8-16)11-18-15(19)13-5-4-12-6-9-17-14(12)10-13/h4-5,10,17H,2-3,6-9,11H2,1H3,(H,18,19). The van der Waals surface area contributed by atoms with E-state index >= 15 is 0 Å². The molecule has 0 bridgehead atoms. The Morgan fingerprint density at radius 1 is 1.40 bits per heavy atom. The van der Waals surface area contributed by atoms with Gasteiger partial charge in [0.1, 0.15) is 0 Å². The first-order valence-corrected chi connectivity index (χ1v) is 8.65. The highest BCUT2D eigenvalue weighted by molar-refractivity contribution is 8.00. The maximum atomic E-state index is 12.3. The molecule has 1 aromatic rings. The quantitative estimate of drug-likeness (QED) is 0.895. The maximum absolute atomic E-state index is 12.3. The van der Waals surface area contributed by atoms with Crippen molar-refractivity contribution in [3.8, 4) is 0 Å². The number of amides is 1. The third kappa shape index (κ3) is 2.66. The van der Waals surface area contributed by atoms with Gasteiger partial charge in [0, 0.05) is 29.1 Å². The van der Waals surface area contributed by atoms with Crippen LogP contribution in [0, 0.1) is 0 Å². The van der Waals surface area contributed by atoms with Crippen LogP contribution >= 0.6 is 11.8 Å². The fourth-order valence-corrected chi connectivity index (χ4v) is 4.16. The molecule has 1 amide bonds. The number of thioether (sulfide) groups is 1. The van der Waals surface area contributed by atoms with Crippen LogP contribution in [0.15, 0.2) is 18.2 Å². The Morgan fingerprint density at radius 2 is 2.20 bits per heavy atom. The molecule has 1 heterocycles. The van der Waals surface area contributed by atoms with Crippen molar-refractivity contribution < 1.29 is 4.79 Å². The van der Waals surface area contributed by atoms with Crippen LogP contribution in [0.4, 0.5) is 5.69 Å². The summed E-state index contributed by atoms with van der Waals surface area (Å²) in [4.78, 5) is 12.3. The molecule has 4 heteroatoms. The number of rotatable bonds is 4. The van der Waals surface area contributed by atoms with E-state index in [9.17, 15) is 4.79 Å². The first-order chi connectivity index (χ1) is 9.72. The van der Waals surface area contributed by atoms with Crippen molar-refractivity contribution in [3.05, 3.63) is 29.3 Å². The lowest BCUT2D eigenvalue weighted by molar-refractivity contribution is 0.0949. The average molecular weight is 290 g/mol. The highest BCUT2D eigenvalue weighted by atomic mass is 32.2. The molecule has 0 atom stereocenters. The van der Waals surface area contributed by atoms with E-state index in [-0.39, 0.29) is 10.7 Å². The van der Waals surface area contributed by atoms with Gasteiger partial charge in [-0.3, -0.25) is 4.79 Å². The predicted octanol–water partition coefficient (Wildman–Crippen LogP) is 3.06. The van der Waals surface area contributed by atoms with Crippen molar-refractivity contribution in [2.75, 3.05) is 24.7 Å². The van der Waals surface area contributed by atoms with E-state index in [0.717, 1.165) is 30.8 Å². The number of hydrogen-bond donors (Lipinski definition) is 2. The molecule has 0 unspecified atom stereocenters. The van der Waals surface area contributed by atoms with Crippen LogP contribution in [0.3, 0.4) is 0 Å². The Kier molecular flexibility index (Phi) is 3.92. The van der Waals surface area contributed by atoms with Gasteiger partial charge in [-0.15, -0.1) is 0 Å². The van der Waals surface area contributed by atoms with Crippen LogP contribution in [0.1, 0.15) is 41.6 Å². The Morgan fingerprint density at radius 3 is 2.95 bits per heavy atom. The van der Waals surface area contributed by atoms with E-state index in [4.69, 9.17) is 0 Å². The van der Waals surface area contributed by atoms with Gasteiger partial charge in [-0.1, -0.05) is 18.9 Å². The highest BCUT2D eigenvalue weighted by Gasteiger charge is 2.33. The molecule has 3 nitrogen and oxygen atoms in total. The molecule has 0 aromatic heterocycles. The molecular weight excluding hydrogens is 268 g/mol. The van der Waals surface area contributed by atoms with Gasteiger partial charge in [0.15, 0.2) is 0 Å². The molecule has 3 rings (SSSR count). The van der Waals surface area contributed by atoms with E-state index in [2.05, 4.69) is 23.0 Å². The van der Waals surface area contributed by atoms with Gasteiger partial charge in [-0.05, 0) is 43.2 Å². The molecule has 1 fully saturated rings. The second-order valence-electron chi connectivity index (χ2n) is 5.83. The van der Waals surface area contributed by atoms with Crippen molar-refractivity contribution in [1.82, 2.24) is 5.32 Å². The number of nitrogens with one attached hydrogen (secondary N) is 2. The van der Waals surface area contributed by atoms with Gasteiger partial charge in [0.2, 0.25) is 0 Å². The summed E-state index contributed by atoms with van der Waals surface area (Å²) in [5.41, 5.74) is 3.21. The number of carbonyl (C=O) groups is 1. The molecule has 0 spiro atoms. The SMILES string of the molecule is CSC1(CNC(=O)c2ccc3c(c2)NCC3)CCCC1. The van der Waals surface area contributed by atoms with Crippen LogP contribution < -0.4 is 10.6 Å². The smallest absolute Gasteiger partial charge is 0.251 e. The van der Waals surface area contributed by atoms with Gasteiger partial charge in [-0.25, -0.2) is 0 Å². The summed E-state index contributed by atoms with van der Waals surface area (Å²) >= 11 is 1.91. The van der Waals surface area contributed by atoms with Crippen LogP contribution in [0.5, 0.6) is 0 Å². The highest BCUT2D eigenvalue weighted by Crippen LogP contribution is 2.39. The molecule has 2 aliphatic rings. The Labute approximate surface area is 124 Å². The molecule has 108 valence electrons. The lowest BCUT2D eigenvalue weighted by Crippen LogP contribution is -2.38. The number of carbonyl (C=O) groups excluding carboxylic acids is 1. The largest absolute Gasteiger partial charge is 0.384 e. The van der Waals surface area contributed by atoms with Crippen LogP contribution in [-0.2, 0) is 6.42 Å². The molecule has 20 heavy (non-hydrogen) atoms. The zero-order valence-electron chi connectivity index (χ0n) is 12.0. The van der Waals surface area contributed by atoms with Crippen LogP contribution in [0.25, 0.3) is 0 Å². The number of fused-ring (bicyclic) bond motifs is 1. The number of anilines is 1. The lowest BCUT2D eigenvalue weighted by Gasteiger charge is -2.26. The summed E-state index contributed by atoms with van der Waals surface area (Å²) in [6.07, 6.45) is 8.25. The Bertz CT molecular complexity index is 509. The molecule has 1 aliphatic carbocycles. The van der Waals surface area contributed by atoms with Crippen LogP contribution in [0.2, 0.25) is 0 Å². The fraction of sp³-hybridized carbons (Fsp3) is 0.562. The van der Waals surface area contributed by atoms with Gasteiger partial charge < -0.3 is 10.6 Å². The van der Waals surface area contributed by atoms with Crippen molar-refractivity contribution in [1.29, 1.82) is 0 Å². The average Bonchev–Trinajstić information content (AvgIpc) is 3.13. The first-order valence-electron chi connectivity index (χ1n) is 7.43. The normalized spacial score (nSPS) is 19.4. The van der Waals surface area contributed by atoms with Gasteiger partial charge in [-0.2, -0.15) is 11.8 Å². The molecule has 1 aliphatic heterocycles. The minimum absolute atomic E-state index is 0.0572. The van der Waals surface area contributed by atoms with E-state index in [1.165, 1.54) is 31.2 Å². The summed E-state index contributed by atoms with van der Waals surface area (Å²) in [6.45, 7) is 1.77. The Balaban J connectivity index is 1.64. The number of benzene rings is 1. The third-order valence-electron chi connectivity index (χ3n) is 4.60. The molecule has 0 saturated heterocycles. The monoisotopic (exact) mass is 290 g/mol. The van der Waals surface area contributed by atoms with Crippen molar-refractivity contribution in [2.24, 2.45) is 0 Å². The molecule has 1 saturated carbocycles. The second-order valence-corrected chi connectivity index (χ2v) is 7.10. The van der Waals surface area contributed by atoms with E-state index in [1.54, 1.807) is 0 Å². The van der Waals surface area contributed by atoms with Crippen molar-refractivity contribution >= 4 is 23.4 Å². The Hall–Kier alpha value is -1.16. The summed E-state index contributed by atoms with van der Waals surface area (Å²) in [5.74, 6) is 0.0572. The third-order valence-corrected chi connectivity index (χ3v) is 6.02. The summed E-state index contributed by atoms with van der Waals surface area (Å²) < 4.78 is 0.268. The van der Waals surface area contributed by atoms with Crippen molar-refractivity contribution in [3.63, 3.8) is 0 Å². The van der Waals surface area contributed by atoms with Gasteiger partial charge >= 0.3 is 0 Å². The predicted molar refractivity (Wildman–Crippen MR) is 85.7 cm³/mol. The van der Waals surface area contributed by atoms with E-state index in [1.807, 2.05) is 23.9 Å². The first kappa shape index (κ1) is 13.8. The zero-order chi connectivity index (χ0) is 14.0. The van der Waals surface area contributed by atoms with Crippen molar-refractivity contribution in [2.45, 2.75) is 36.9 Å². The van der Waals surface area contributed by atoms with E-state index < -0.39 is 0 Å². The van der Waals surface area contributed by atoms with Gasteiger partial charge in [0.25, 0.3) is 5.91 Å².